The van der Waals surface area contributed by atoms with E-state index in [2.05, 4.69) is 15.2 Å². The van der Waals surface area contributed by atoms with Gasteiger partial charge in [-0.2, -0.15) is 23.4 Å². The van der Waals surface area contributed by atoms with Crippen LogP contribution in [0.25, 0.3) is 22.9 Å². The number of halogens is 5. The molecule has 3 aromatic heterocycles. The summed E-state index contributed by atoms with van der Waals surface area (Å²) in [5.41, 5.74) is -0.418. The summed E-state index contributed by atoms with van der Waals surface area (Å²) in [6, 6.07) is 10.4. The molecule has 0 spiro atoms. The fourth-order valence-electron chi connectivity index (χ4n) is 2.65. The second-order valence-electron chi connectivity index (χ2n) is 6.12. The highest BCUT2D eigenvalue weighted by Gasteiger charge is 2.31. The van der Waals surface area contributed by atoms with Gasteiger partial charge in [0.2, 0.25) is 5.43 Å². The van der Waals surface area contributed by atoms with Gasteiger partial charge in [0.1, 0.15) is 5.69 Å². The Labute approximate surface area is 177 Å². The molecule has 0 aliphatic carbocycles. The second-order valence-corrected chi connectivity index (χ2v) is 6.97. The summed E-state index contributed by atoms with van der Waals surface area (Å²) in [5.74, 6) is -0.00938. The zero-order valence-electron chi connectivity index (χ0n) is 14.8. The van der Waals surface area contributed by atoms with Crippen LogP contribution in [0.2, 0.25) is 10.0 Å². The van der Waals surface area contributed by atoms with Gasteiger partial charge in [-0.1, -0.05) is 23.2 Å². The van der Waals surface area contributed by atoms with E-state index in [0.29, 0.717) is 16.9 Å². The van der Waals surface area contributed by atoms with Gasteiger partial charge < -0.3 is 0 Å². The first-order valence-electron chi connectivity index (χ1n) is 8.37. The van der Waals surface area contributed by atoms with Crippen molar-refractivity contribution in [2.45, 2.75) is 6.18 Å². The van der Waals surface area contributed by atoms with Gasteiger partial charge in [0.25, 0.3) is 0 Å². The Morgan fingerprint density at radius 1 is 0.900 bits per heavy atom. The van der Waals surface area contributed by atoms with Gasteiger partial charge >= 0.3 is 6.18 Å². The fraction of sp³-hybridized carbons (Fsp3) is 0.0526. The number of alkyl halides is 3. The lowest BCUT2D eigenvalue weighted by Crippen LogP contribution is -2.13. The van der Waals surface area contributed by atoms with E-state index in [-0.39, 0.29) is 27.7 Å². The number of pyridine rings is 1. The molecule has 30 heavy (non-hydrogen) atoms. The maximum atomic E-state index is 12.8. The van der Waals surface area contributed by atoms with Gasteiger partial charge in [0, 0.05) is 29.7 Å². The van der Waals surface area contributed by atoms with Crippen LogP contribution in [0.4, 0.5) is 13.2 Å². The largest absolute Gasteiger partial charge is 0.417 e. The minimum atomic E-state index is -4.56. The maximum Gasteiger partial charge on any atom is 0.417 e. The number of hydrogen-bond acceptors (Lipinski definition) is 4. The third-order valence-corrected chi connectivity index (χ3v) is 4.63. The molecule has 0 atom stereocenters. The summed E-state index contributed by atoms with van der Waals surface area (Å²) in [4.78, 5) is 16.1. The molecule has 3 heterocycles. The van der Waals surface area contributed by atoms with Crippen LogP contribution in [0.3, 0.4) is 0 Å². The molecule has 0 unspecified atom stereocenters. The Bertz CT molecular complexity index is 1280. The van der Waals surface area contributed by atoms with Crippen molar-refractivity contribution in [3.63, 3.8) is 0 Å². The minimum absolute atomic E-state index is 0.00938. The molecular formula is C19H10Cl2F3N5O. The molecule has 152 valence electrons. The van der Waals surface area contributed by atoms with Crippen LogP contribution in [0.5, 0.6) is 0 Å². The van der Waals surface area contributed by atoms with Crippen LogP contribution >= 0.6 is 23.2 Å². The highest BCUT2D eigenvalue weighted by molar-refractivity contribution is 6.32. The van der Waals surface area contributed by atoms with E-state index in [1.807, 2.05) is 0 Å². The Hall–Kier alpha value is -3.17. The van der Waals surface area contributed by atoms with E-state index in [4.69, 9.17) is 23.2 Å². The molecule has 4 aromatic rings. The van der Waals surface area contributed by atoms with Crippen LogP contribution in [0.15, 0.2) is 65.8 Å². The molecule has 0 fully saturated rings. The predicted molar refractivity (Wildman–Crippen MR) is 105 cm³/mol. The summed E-state index contributed by atoms with van der Waals surface area (Å²) in [6.07, 6.45) is -0.972. The summed E-state index contributed by atoms with van der Waals surface area (Å²) in [5, 5.41) is 8.82. The standard InChI is InChI=1S/C19H10Cl2F3N5O/c20-12-1-3-13(4-2-12)28-8-6-16(30)17(27-28)15-5-7-29(26-15)18-14(21)9-11(10-25-18)19(22,23)24/h1-10H. The lowest BCUT2D eigenvalue weighted by molar-refractivity contribution is -0.137. The van der Waals surface area contributed by atoms with Crippen molar-refractivity contribution in [3.05, 3.63) is 86.9 Å². The third-order valence-electron chi connectivity index (χ3n) is 4.10. The van der Waals surface area contributed by atoms with Crippen LogP contribution < -0.4 is 5.43 Å². The van der Waals surface area contributed by atoms with Gasteiger partial charge in [-0.05, 0) is 36.4 Å². The molecule has 0 saturated carbocycles. The van der Waals surface area contributed by atoms with Crippen molar-refractivity contribution in [1.29, 1.82) is 0 Å². The van der Waals surface area contributed by atoms with Crippen LogP contribution in [-0.2, 0) is 6.18 Å². The van der Waals surface area contributed by atoms with Gasteiger partial charge in [-0.15, -0.1) is 0 Å². The number of benzene rings is 1. The Balaban J connectivity index is 1.72. The zero-order valence-corrected chi connectivity index (χ0v) is 16.3. The maximum absolute atomic E-state index is 12.8. The van der Waals surface area contributed by atoms with Crippen molar-refractivity contribution in [1.82, 2.24) is 24.5 Å². The van der Waals surface area contributed by atoms with Gasteiger partial charge in [0.15, 0.2) is 11.5 Å². The van der Waals surface area contributed by atoms with E-state index < -0.39 is 11.7 Å². The third kappa shape index (κ3) is 3.94. The molecule has 6 nitrogen and oxygen atoms in total. The van der Waals surface area contributed by atoms with Crippen molar-refractivity contribution in [2.75, 3.05) is 0 Å². The fourth-order valence-corrected chi connectivity index (χ4v) is 3.02. The van der Waals surface area contributed by atoms with Crippen molar-refractivity contribution in [3.8, 4) is 22.9 Å². The number of nitrogens with zero attached hydrogens (tertiary/aromatic N) is 5. The molecule has 0 aliphatic rings. The molecular weight excluding hydrogens is 442 g/mol. The molecule has 4 rings (SSSR count). The van der Waals surface area contributed by atoms with Gasteiger partial charge in [-0.25, -0.2) is 14.3 Å². The van der Waals surface area contributed by atoms with Gasteiger partial charge in [0.05, 0.1) is 16.3 Å². The smallest absolute Gasteiger partial charge is 0.287 e. The van der Waals surface area contributed by atoms with Crippen LogP contribution in [0, 0.1) is 0 Å². The first-order valence-corrected chi connectivity index (χ1v) is 9.13. The molecule has 0 amide bonds. The van der Waals surface area contributed by atoms with E-state index in [1.165, 1.54) is 33.9 Å². The summed E-state index contributed by atoms with van der Waals surface area (Å²) in [6.45, 7) is 0. The molecule has 0 bridgehead atoms. The average molecular weight is 452 g/mol. The topological polar surface area (TPSA) is 65.6 Å². The lowest BCUT2D eigenvalue weighted by Gasteiger charge is -2.09. The van der Waals surface area contributed by atoms with Crippen molar-refractivity contribution >= 4 is 23.2 Å². The predicted octanol–water partition coefficient (Wildman–Crippen LogP) is 4.81. The highest BCUT2D eigenvalue weighted by atomic mass is 35.5. The molecule has 0 saturated heterocycles. The molecule has 0 aliphatic heterocycles. The minimum Gasteiger partial charge on any atom is -0.287 e. The van der Waals surface area contributed by atoms with E-state index in [1.54, 1.807) is 24.3 Å². The Morgan fingerprint density at radius 3 is 2.27 bits per heavy atom. The normalized spacial score (nSPS) is 11.6. The van der Waals surface area contributed by atoms with Gasteiger partial charge in [-0.3, -0.25) is 4.79 Å². The first kappa shape index (κ1) is 20.1. The van der Waals surface area contributed by atoms with Crippen LogP contribution in [0.1, 0.15) is 5.56 Å². The summed E-state index contributed by atoms with van der Waals surface area (Å²) < 4.78 is 41.1. The molecule has 1 aromatic carbocycles. The Kier molecular flexibility index (Phi) is 5.08. The molecule has 0 N–H and O–H groups in total. The van der Waals surface area contributed by atoms with E-state index in [0.717, 1.165) is 6.07 Å². The monoisotopic (exact) mass is 451 g/mol. The van der Waals surface area contributed by atoms with Crippen molar-refractivity contribution < 1.29 is 13.2 Å². The number of rotatable bonds is 3. The number of aromatic nitrogens is 5. The Morgan fingerprint density at radius 2 is 1.60 bits per heavy atom. The zero-order chi connectivity index (χ0) is 21.5. The van der Waals surface area contributed by atoms with Crippen LogP contribution in [-0.4, -0.2) is 24.5 Å². The first-order chi connectivity index (χ1) is 14.2. The molecule has 11 heteroatoms. The quantitative estimate of drug-likeness (QED) is 0.448. The van der Waals surface area contributed by atoms with E-state index >= 15 is 0 Å². The number of hydrogen-bond donors (Lipinski definition) is 0. The highest BCUT2D eigenvalue weighted by Crippen LogP contribution is 2.32. The second kappa shape index (κ2) is 7.58. The SMILES string of the molecule is O=c1ccn(-c2ccc(Cl)cc2)nc1-c1ccn(-c2ncc(C(F)(F)F)cc2Cl)n1. The molecule has 0 radical (unpaired) electrons. The van der Waals surface area contributed by atoms with E-state index in [9.17, 15) is 18.0 Å². The lowest BCUT2D eigenvalue weighted by atomic mass is 10.3. The summed E-state index contributed by atoms with van der Waals surface area (Å²) in [7, 11) is 0. The summed E-state index contributed by atoms with van der Waals surface area (Å²) >= 11 is 11.8. The average Bonchev–Trinajstić information content (AvgIpc) is 3.18. The van der Waals surface area contributed by atoms with Crippen molar-refractivity contribution in [2.24, 2.45) is 0 Å².